The summed E-state index contributed by atoms with van der Waals surface area (Å²) in [5, 5.41) is 14.1. The third kappa shape index (κ3) is 5.32. The molecule has 2 heterocycles. The van der Waals surface area contributed by atoms with E-state index in [1.807, 2.05) is 31.2 Å². The van der Waals surface area contributed by atoms with Gasteiger partial charge in [-0.05, 0) is 43.0 Å². The van der Waals surface area contributed by atoms with E-state index in [9.17, 15) is 0 Å². The minimum atomic E-state index is 0.231. The average molecular weight is 429 g/mol. The molecule has 1 atom stereocenters. The molecule has 0 bridgehead atoms. The predicted octanol–water partition coefficient (Wildman–Crippen LogP) is 5.32. The predicted molar refractivity (Wildman–Crippen MR) is 119 cm³/mol. The van der Waals surface area contributed by atoms with E-state index in [-0.39, 0.29) is 6.10 Å². The van der Waals surface area contributed by atoms with Crippen LogP contribution in [-0.2, 0) is 23.6 Å². The fourth-order valence-electron chi connectivity index (χ4n) is 3.34. The van der Waals surface area contributed by atoms with E-state index in [1.54, 1.807) is 11.8 Å². The van der Waals surface area contributed by atoms with Gasteiger partial charge in [0.05, 0.1) is 19.2 Å². The van der Waals surface area contributed by atoms with Crippen molar-refractivity contribution in [3.05, 3.63) is 70.5 Å². The standard InChI is InChI=1S/C22H25ClN4OS/c1-16-9-10-18(12-20(16)23)24-13-21-25-26-22(27(21)14-19-8-5-11-28-19)29-15-17-6-3-2-4-7-17/h2-4,6-7,9-10,12,19,24H,5,8,11,13-15H2,1H3/t19-/m0/s1. The Morgan fingerprint density at radius 3 is 2.83 bits per heavy atom. The van der Waals surface area contributed by atoms with E-state index in [0.717, 1.165) is 59.0 Å². The van der Waals surface area contributed by atoms with Crippen molar-refractivity contribution in [2.24, 2.45) is 0 Å². The molecule has 5 nitrogen and oxygen atoms in total. The van der Waals surface area contributed by atoms with E-state index < -0.39 is 0 Å². The molecule has 152 valence electrons. The third-order valence-corrected chi connectivity index (χ3v) is 6.48. The lowest BCUT2D eigenvalue weighted by Crippen LogP contribution is -2.19. The zero-order valence-electron chi connectivity index (χ0n) is 16.5. The summed E-state index contributed by atoms with van der Waals surface area (Å²) >= 11 is 7.97. The van der Waals surface area contributed by atoms with Crippen LogP contribution in [0.15, 0.2) is 53.7 Å². The van der Waals surface area contributed by atoms with Gasteiger partial charge in [0.2, 0.25) is 0 Å². The fraction of sp³-hybridized carbons (Fsp3) is 0.364. The highest BCUT2D eigenvalue weighted by atomic mass is 35.5. The van der Waals surface area contributed by atoms with Gasteiger partial charge in [-0.1, -0.05) is 59.8 Å². The molecule has 0 aliphatic carbocycles. The second kappa shape index (κ2) is 9.65. The Morgan fingerprint density at radius 1 is 1.21 bits per heavy atom. The summed E-state index contributed by atoms with van der Waals surface area (Å²) in [6, 6.07) is 16.4. The van der Waals surface area contributed by atoms with Crippen LogP contribution in [0.1, 0.15) is 29.8 Å². The Bertz CT molecular complexity index is 941. The third-order valence-electron chi connectivity index (χ3n) is 5.04. The Balaban J connectivity index is 1.48. The first-order chi connectivity index (χ1) is 14.2. The Hall–Kier alpha value is -2.02. The van der Waals surface area contributed by atoms with Crippen LogP contribution in [0.25, 0.3) is 0 Å². The van der Waals surface area contributed by atoms with Gasteiger partial charge in [-0.3, -0.25) is 0 Å². The molecule has 0 radical (unpaired) electrons. The average Bonchev–Trinajstić information content (AvgIpc) is 3.39. The van der Waals surface area contributed by atoms with Crippen molar-refractivity contribution in [1.29, 1.82) is 0 Å². The van der Waals surface area contributed by atoms with Gasteiger partial charge in [-0.15, -0.1) is 10.2 Å². The smallest absolute Gasteiger partial charge is 0.191 e. The van der Waals surface area contributed by atoms with Gasteiger partial charge in [-0.2, -0.15) is 0 Å². The second-order valence-corrected chi connectivity index (χ2v) is 8.59. The minimum absolute atomic E-state index is 0.231. The maximum atomic E-state index is 6.25. The Kier molecular flexibility index (Phi) is 6.74. The normalized spacial score (nSPS) is 16.3. The molecule has 29 heavy (non-hydrogen) atoms. The number of hydrogen-bond acceptors (Lipinski definition) is 5. The highest BCUT2D eigenvalue weighted by Gasteiger charge is 2.21. The lowest BCUT2D eigenvalue weighted by Gasteiger charge is -2.15. The first-order valence-electron chi connectivity index (χ1n) is 9.89. The van der Waals surface area contributed by atoms with Crippen molar-refractivity contribution in [3.8, 4) is 0 Å². The number of rotatable bonds is 8. The minimum Gasteiger partial charge on any atom is -0.378 e. The number of anilines is 1. The van der Waals surface area contributed by atoms with Crippen LogP contribution in [0.2, 0.25) is 5.02 Å². The zero-order valence-corrected chi connectivity index (χ0v) is 18.0. The summed E-state index contributed by atoms with van der Waals surface area (Å²) in [5.41, 5.74) is 3.32. The van der Waals surface area contributed by atoms with Crippen molar-refractivity contribution in [2.45, 2.75) is 49.9 Å². The molecule has 1 saturated heterocycles. The summed E-state index contributed by atoms with van der Waals surface area (Å²) < 4.78 is 8.07. The molecule has 0 spiro atoms. The van der Waals surface area contributed by atoms with E-state index >= 15 is 0 Å². The first kappa shape index (κ1) is 20.3. The van der Waals surface area contributed by atoms with Crippen LogP contribution in [-0.4, -0.2) is 27.5 Å². The van der Waals surface area contributed by atoms with Crippen LogP contribution in [0.4, 0.5) is 5.69 Å². The summed E-state index contributed by atoms with van der Waals surface area (Å²) in [7, 11) is 0. The number of aryl methyl sites for hydroxylation is 1. The maximum absolute atomic E-state index is 6.25. The lowest BCUT2D eigenvalue weighted by atomic mass is 10.2. The fourth-order valence-corrected chi connectivity index (χ4v) is 4.44. The van der Waals surface area contributed by atoms with E-state index in [1.165, 1.54) is 5.56 Å². The van der Waals surface area contributed by atoms with E-state index in [2.05, 4.69) is 44.3 Å². The summed E-state index contributed by atoms with van der Waals surface area (Å²) in [6.45, 7) is 4.22. The van der Waals surface area contributed by atoms with Crippen LogP contribution in [0, 0.1) is 6.92 Å². The molecule has 3 aromatic rings. The number of nitrogens with one attached hydrogen (secondary N) is 1. The lowest BCUT2D eigenvalue weighted by molar-refractivity contribution is 0.0942. The number of benzene rings is 2. The summed E-state index contributed by atoms with van der Waals surface area (Å²) in [4.78, 5) is 0. The first-order valence-corrected chi connectivity index (χ1v) is 11.3. The highest BCUT2D eigenvalue weighted by molar-refractivity contribution is 7.98. The SMILES string of the molecule is Cc1ccc(NCc2nnc(SCc3ccccc3)n2C[C@@H]2CCCO2)cc1Cl. The van der Waals surface area contributed by atoms with Gasteiger partial charge >= 0.3 is 0 Å². The van der Waals surface area contributed by atoms with Crippen molar-refractivity contribution < 1.29 is 4.74 Å². The van der Waals surface area contributed by atoms with Gasteiger partial charge in [0.25, 0.3) is 0 Å². The van der Waals surface area contributed by atoms with Gasteiger partial charge in [-0.25, -0.2) is 0 Å². The Labute approximate surface area is 180 Å². The van der Waals surface area contributed by atoms with Crippen LogP contribution >= 0.6 is 23.4 Å². The molecule has 7 heteroatoms. The topological polar surface area (TPSA) is 52.0 Å². The van der Waals surface area contributed by atoms with Gasteiger partial charge in [0.15, 0.2) is 11.0 Å². The molecule has 1 N–H and O–H groups in total. The molecule has 2 aromatic carbocycles. The van der Waals surface area contributed by atoms with Crippen molar-refractivity contribution in [2.75, 3.05) is 11.9 Å². The van der Waals surface area contributed by atoms with Crippen LogP contribution in [0.5, 0.6) is 0 Å². The largest absolute Gasteiger partial charge is 0.378 e. The zero-order chi connectivity index (χ0) is 20.1. The highest BCUT2D eigenvalue weighted by Crippen LogP contribution is 2.25. The molecule has 0 saturated carbocycles. The molecule has 1 aliphatic heterocycles. The van der Waals surface area contributed by atoms with Crippen molar-refractivity contribution in [1.82, 2.24) is 14.8 Å². The molecular weight excluding hydrogens is 404 g/mol. The molecule has 1 aromatic heterocycles. The van der Waals surface area contributed by atoms with Crippen LogP contribution < -0.4 is 5.32 Å². The maximum Gasteiger partial charge on any atom is 0.191 e. The number of ether oxygens (including phenoxy) is 1. The van der Waals surface area contributed by atoms with Crippen molar-refractivity contribution >= 4 is 29.1 Å². The number of thioether (sulfide) groups is 1. The molecule has 0 amide bonds. The summed E-state index contributed by atoms with van der Waals surface area (Å²) in [5.74, 6) is 1.78. The number of hydrogen-bond donors (Lipinski definition) is 1. The van der Waals surface area contributed by atoms with Crippen LogP contribution in [0.3, 0.4) is 0 Å². The molecular formula is C22H25ClN4OS. The second-order valence-electron chi connectivity index (χ2n) is 7.24. The van der Waals surface area contributed by atoms with Gasteiger partial charge < -0.3 is 14.6 Å². The number of halogens is 1. The number of nitrogens with zero attached hydrogens (tertiary/aromatic N) is 3. The molecule has 1 aliphatic rings. The monoisotopic (exact) mass is 428 g/mol. The number of aromatic nitrogens is 3. The van der Waals surface area contributed by atoms with Gasteiger partial charge in [0, 0.05) is 23.1 Å². The van der Waals surface area contributed by atoms with Crippen molar-refractivity contribution in [3.63, 3.8) is 0 Å². The van der Waals surface area contributed by atoms with Gasteiger partial charge in [0.1, 0.15) is 0 Å². The molecule has 4 rings (SSSR count). The quantitative estimate of drug-likeness (QED) is 0.492. The molecule has 1 fully saturated rings. The summed E-state index contributed by atoms with van der Waals surface area (Å²) in [6.07, 6.45) is 2.44. The Morgan fingerprint density at radius 2 is 2.07 bits per heavy atom. The van der Waals surface area contributed by atoms with E-state index in [0.29, 0.717) is 6.54 Å². The molecule has 0 unspecified atom stereocenters. The van der Waals surface area contributed by atoms with E-state index in [4.69, 9.17) is 16.3 Å².